The van der Waals surface area contributed by atoms with Crippen LogP contribution in [0, 0.1) is 0 Å². The van der Waals surface area contributed by atoms with Crippen molar-refractivity contribution >= 4 is 50.7 Å². The van der Waals surface area contributed by atoms with Gasteiger partial charge in [0.1, 0.15) is 0 Å². The molecule has 0 atom stereocenters. The Morgan fingerprint density at radius 2 is 1.74 bits per heavy atom. The lowest BCUT2D eigenvalue weighted by atomic mass is 10.2. The van der Waals surface area contributed by atoms with Gasteiger partial charge in [-0.1, -0.05) is 40.9 Å². The average Bonchev–Trinajstić information content (AvgIpc) is 2.70. The minimum Gasteiger partial charge on any atom is -0.379 e. The average molecular weight is 508 g/mol. The van der Waals surface area contributed by atoms with Crippen LogP contribution in [-0.2, 0) is 26.1 Å². The van der Waals surface area contributed by atoms with Crippen molar-refractivity contribution in [2.45, 2.75) is 37.8 Å². The van der Waals surface area contributed by atoms with Crippen LogP contribution in [0.4, 0.5) is 0 Å². The first kappa shape index (κ1) is 25.9. The van der Waals surface area contributed by atoms with Crippen molar-refractivity contribution in [3.63, 3.8) is 0 Å². The highest BCUT2D eigenvalue weighted by molar-refractivity contribution is 7.89. The van der Waals surface area contributed by atoms with E-state index in [4.69, 9.17) is 39.5 Å². The molecule has 0 saturated heterocycles. The number of amides is 1. The zero-order chi connectivity index (χ0) is 23.0. The lowest BCUT2D eigenvalue weighted by Crippen LogP contribution is -2.40. The number of carbonyl (C=O) groups is 1. The van der Waals surface area contributed by atoms with Crippen LogP contribution in [-0.4, -0.2) is 44.4 Å². The highest BCUT2D eigenvalue weighted by Gasteiger charge is 2.27. The van der Waals surface area contributed by atoms with Gasteiger partial charge >= 0.3 is 0 Å². The number of hydrogen-bond acceptors (Lipinski definition) is 4. The van der Waals surface area contributed by atoms with Crippen molar-refractivity contribution < 1.29 is 17.9 Å². The van der Waals surface area contributed by atoms with Crippen molar-refractivity contribution in [3.05, 3.63) is 63.1 Å². The summed E-state index contributed by atoms with van der Waals surface area (Å²) < 4.78 is 32.9. The highest BCUT2D eigenvalue weighted by Crippen LogP contribution is 2.25. The Labute approximate surface area is 198 Å². The number of nitrogens with one attached hydrogen (secondary N) is 1. The number of hydrogen-bond donors (Lipinski definition) is 1. The fourth-order valence-electron chi connectivity index (χ4n) is 2.66. The summed E-state index contributed by atoms with van der Waals surface area (Å²) in [7, 11) is -3.97. The number of sulfonamides is 1. The minimum atomic E-state index is -3.97. The molecule has 0 bridgehead atoms. The van der Waals surface area contributed by atoms with E-state index >= 15 is 0 Å². The first-order valence-electron chi connectivity index (χ1n) is 9.67. The van der Waals surface area contributed by atoms with E-state index in [9.17, 15) is 13.2 Å². The first-order chi connectivity index (χ1) is 14.6. The molecule has 10 heteroatoms. The van der Waals surface area contributed by atoms with Gasteiger partial charge in [0, 0.05) is 24.7 Å². The molecule has 170 valence electrons. The largest absolute Gasteiger partial charge is 0.379 e. The van der Waals surface area contributed by atoms with Gasteiger partial charge in [0.25, 0.3) is 0 Å². The monoisotopic (exact) mass is 506 g/mol. The van der Waals surface area contributed by atoms with E-state index in [1.54, 1.807) is 18.2 Å². The molecule has 0 heterocycles. The van der Waals surface area contributed by atoms with Crippen molar-refractivity contribution in [1.82, 2.24) is 9.62 Å². The second kappa shape index (κ2) is 12.0. The molecule has 2 aromatic rings. The third-order valence-electron chi connectivity index (χ3n) is 4.21. The summed E-state index contributed by atoms with van der Waals surface area (Å²) in [6.07, 6.45) is 0.739. The normalized spacial score (nSPS) is 11.8. The van der Waals surface area contributed by atoms with E-state index in [2.05, 4.69) is 5.32 Å². The molecule has 0 aromatic heterocycles. The standard InChI is InChI=1S/C21H25Cl3N2O4S/c1-15(2)30-11-3-10-25-21(27)14-26(13-16-4-9-19(23)20(24)12-16)31(28,29)18-7-5-17(22)6-8-18/h4-9,12,15H,3,10-11,13-14H2,1-2H3,(H,25,27). The molecule has 31 heavy (non-hydrogen) atoms. The third-order valence-corrected chi connectivity index (χ3v) is 7.01. The highest BCUT2D eigenvalue weighted by atomic mass is 35.5. The Balaban J connectivity index is 2.16. The number of ether oxygens (including phenoxy) is 1. The molecule has 0 aliphatic rings. The Hall–Kier alpha value is -1.35. The van der Waals surface area contributed by atoms with E-state index in [1.807, 2.05) is 13.8 Å². The molecule has 0 aliphatic heterocycles. The van der Waals surface area contributed by atoms with Crippen LogP contribution in [0.15, 0.2) is 47.4 Å². The Morgan fingerprint density at radius 3 is 2.35 bits per heavy atom. The van der Waals surface area contributed by atoms with Crippen LogP contribution in [0.25, 0.3) is 0 Å². The van der Waals surface area contributed by atoms with Crippen molar-refractivity contribution in [2.75, 3.05) is 19.7 Å². The summed E-state index contributed by atoms with van der Waals surface area (Å²) >= 11 is 17.9. The lowest BCUT2D eigenvalue weighted by Gasteiger charge is -2.22. The van der Waals surface area contributed by atoms with Crippen LogP contribution < -0.4 is 5.32 Å². The SMILES string of the molecule is CC(C)OCCCNC(=O)CN(Cc1ccc(Cl)c(Cl)c1)S(=O)(=O)c1ccc(Cl)cc1. The van der Waals surface area contributed by atoms with E-state index in [0.29, 0.717) is 40.2 Å². The molecule has 0 unspecified atom stereocenters. The maximum Gasteiger partial charge on any atom is 0.243 e. The summed E-state index contributed by atoms with van der Waals surface area (Å²) in [4.78, 5) is 12.5. The summed E-state index contributed by atoms with van der Waals surface area (Å²) in [6.45, 7) is 4.35. The van der Waals surface area contributed by atoms with Crippen LogP contribution in [0.3, 0.4) is 0 Å². The predicted octanol–water partition coefficient (Wildman–Crippen LogP) is 4.77. The maximum atomic E-state index is 13.2. The van der Waals surface area contributed by atoms with Gasteiger partial charge in [-0.2, -0.15) is 4.31 Å². The van der Waals surface area contributed by atoms with Crippen molar-refractivity contribution in [3.8, 4) is 0 Å². The molecule has 1 N–H and O–H groups in total. The Morgan fingerprint density at radius 1 is 1.06 bits per heavy atom. The van der Waals surface area contributed by atoms with E-state index in [-0.39, 0.29) is 24.1 Å². The lowest BCUT2D eigenvalue weighted by molar-refractivity contribution is -0.121. The zero-order valence-electron chi connectivity index (χ0n) is 17.3. The third kappa shape index (κ3) is 8.25. The Kier molecular flexibility index (Phi) is 10.1. The van der Waals surface area contributed by atoms with Crippen LogP contribution in [0.5, 0.6) is 0 Å². The molecule has 0 fully saturated rings. The second-order valence-electron chi connectivity index (χ2n) is 7.10. The molecule has 0 aliphatic carbocycles. The number of rotatable bonds is 11. The van der Waals surface area contributed by atoms with E-state index < -0.39 is 15.9 Å². The fourth-order valence-corrected chi connectivity index (χ4v) is 4.49. The minimum absolute atomic E-state index is 0.0371. The molecule has 0 spiro atoms. The maximum absolute atomic E-state index is 13.2. The zero-order valence-corrected chi connectivity index (χ0v) is 20.4. The first-order valence-corrected chi connectivity index (χ1v) is 12.2. The van der Waals surface area contributed by atoms with Crippen LogP contribution >= 0.6 is 34.8 Å². The molecular formula is C21H25Cl3N2O4S. The van der Waals surface area contributed by atoms with Gasteiger partial charge in [0.05, 0.1) is 27.6 Å². The van der Waals surface area contributed by atoms with Crippen molar-refractivity contribution in [2.24, 2.45) is 0 Å². The van der Waals surface area contributed by atoms with Gasteiger partial charge in [-0.25, -0.2) is 8.42 Å². The summed E-state index contributed by atoms with van der Waals surface area (Å²) in [5, 5.41) is 3.81. The number of carbonyl (C=O) groups excluding carboxylic acids is 1. The molecule has 2 aromatic carbocycles. The van der Waals surface area contributed by atoms with Gasteiger partial charge in [-0.3, -0.25) is 4.79 Å². The Bertz CT molecular complexity index is 983. The predicted molar refractivity (Wildman–Crippen MR) is 124 cm³/mol. The number of halogens is 3. The molecule has 1 amide bonds. The summed E-state index contributed by atoms with van der Waals surface area (Å²) in [5.74, 6) is -0.415. The van der Waals surface area contributed by atoms with Gasteiger partial charge in [-0.05, 0) is 62.2 Å². The second-order valence-corrected chi connectivity index (χ2v) is 10.3. The molecule has 2 rings (SSSR count). The quantitative estimate of drug-likeness (QED) is 0.445. The number of benzene rings is 2. The summed E-state index contributed by atoms with van der Waals surface area (Å²) in [6, 6.07) is 10.6. The van der Waals surface area contributed by atoms with Gasteiger partial charge in [0.2, 0.25) is 15.9 Å². The van der Waals surface area contributed by atoms with E-state index in [0.717, 1.165) is 4.31 Å². The van der Waals surface area contributed by atoms with Gasteiger partial charge in [0.15, 0.2) is 0 Å². The van der Waals surface area contributed by atoms with Crippen LogP contribution in [0.1, 0.15) is 25.8 Å². The van der Waals surface area contributed by atoms with Crippen LogP contribution in [0.2, 0.25) is 15.1 Å². The summed E-state index contributed by atoms with van der Waals surface area (Å²) in [5.41, 5.74) is 0.602. The molecular weight excluding hydrogens is 483 g/mol. The smallest absolute Gasteiger partial charge is 0.243 e. The molecule has 6 nitrogen and oxygen atoms in total. The van der Waals surface area contributed by atoms with Gasteiger partial charge in [-0.15, -0.1) is 0 Å². The number of nitrogens with zero attached hydrogens (tertiary/aromatic N) is 1. The van der Waals surface area contributed by atoms with Gasteiger partial charge < -0.3 is 10.1 Å². The van der Waals surface area contributed by atoms with Crippen molar-refractivity contribution in [1.29, 1.82) is 0 Å². The molecule has 0 radical (unpaired) electrons. The topological polar surface area (TPSA) is 75.7 Å². The fraction of sp³-hybridized carbons (Fsp3) is 0.381. The molecule has 0 saturated carbocycles. The van der Waals surface area contributed by atoms with E-state index in [1.165, 1.54) is 24.3 Å².